The fourth-order valence-corrected chi connectivity index (χ4v) is 2.17. The number of aromatic nitrogens is 4. The second-order valence-corrected chi connectivity index (χ2v) is 4.50. The first kappa shape index (κ1) is 11.5. The minimum atomic E-state index is 0.654. The van der Waals surface area contributed by atoms with Crippen LogP contribution in [-0.4, -0.2) is 19.1 Å². The van der Waals surface area contributed by atoms with Gasteiger partial charge in [-0.25, -0.2) is 9.97 Å². The van der Waals surface area contributed by atoms with E-state index in [0.29, 0.717) is 12.1 Å². The van der Waals surface area contributed by atoms with Gasteiger partial charge >= 0.3 is 0 Å². The molecule has 2 aromatic heterocycles. The van der Waals surface area contributed by atoms with Crippen LogP contribution in [0.15, 0.2) is 30.6 Å². The number of imidazole rings is 2. The molecule has 0 N–H and O–H groups in total. The lowest BCUT2D eigenvalue weighted by Crippen LogP contribution is -2.06. The predicted molar refractivity (Wildman–Crippen MR) is 71.5 cm³/mol. The van der Waals surface area contributed by atoms with Crippen molar-refractivity contribution in [1.29, 1.82) is 5.26 Å². The summed E-state index contributed by atoms with van der Waals surface area (Å²) in [6.45, 7) is 2.65. The van der Waals surface area contributed by atoms with E-state index in [2.05, 4.69) is 16.0 Å². The number of fused-ring (bicyclic) bond motifs is 1. The first-order chi connectivity index (χ1) is 9.19. The fourth-order valence-electron chi connectivity index (χ4n) is 2.17. The molecular weight excluding hydrogens is 238 g/mol. The molecule has 94 valence electrons. The average molecular weight is 251 g/mol. The molecule has 0 atom stereocenters. The van der Waals surface area contributed by atoms with E-state index in [1.165, 1.54) is 0 Å². The minimum absolute atomic E-state index is 0.654. The predicted octanol–water partition coefficient (Wildman–Crippen LogP) is 2.00. The van der Waals surface area contributed by atoms with Crippen LogP contribution >= 0.6 is 0 Å². The molecule has 0 unspecified atom stereocenters. The zero-order valence-corrected chi connectivity index (χ0v) is 10.8. The molecule has 0 bridgehead atoms. The molecule has 0 fully saturated rings. The summed E-state index contributed by atoms with van der Waals surface area (Å²) in [6.07, 6.45) is 3.72. The summed E-state index contributed by atoms with van der Waals surface area (Å²) in [5, 5.41) is 8.95. The molecule has 3 rings (SSSR count). The Labute approximate surface area is 110 Å². The number of nitrogens with zero attached hydrogens (tertiary/aromatic N) is 5. The van der Waals surface area contributed by atoms with Crippen LogP contribution in [0.5, 0.6) is 0 Å². The summed E-state index contributed by atoms with van der Waals surface area (Å²) >= 11 is 0. The van der Waals surface area contributed by atoms with Crippen molar-refractivity contribution in [3.8, 4) is 6.07 Å². The van der Waals surface area contributed by atoms with E-state index in [1.54, 1.807) is 12.3 Å². The highest BCUT2D eigenvalue weighted by molar-refractivity contribution is 5.77. The van der Waals surface area contributed by atoms with Gasteiger partial charge in [0.2, 0.25) is 0 Å². The number of rotatable bonds is 2. The summed E-state index contributed by atoms with van der Waals surface area (Å²) in [6, 6.07) is 7.70. The van der Waals surface area contributed by atoms with E-state index in [1.807, 2.05) is 41.4 Å². The maximum Gasteiger partial charge on any atom is 0.129 e. The molecule has 0 saturated carbocycles. The van der Waals surface area contributed by atoms with Crippen molar-refractivity contribution in [3.63, 3.8) is 0 Å². The Morgan fingerprint density at radius 2 is 2.21 bits per heavy atom. The van der Waals surface area contributed by atoms with Crippen LogP contribution in [0.3, 0.4) is 0 Å². The largest absolute Gasteiger partial charge is 0.330 e. The zero-order valence-electron chi connectivity index (χ0n) is 10.8. The maximum atomic E-state index is 8.95. The van der Waals surface area contributed by atoms with Gasteiger partial charge < -0.3 is 9.13 Å². The van der Waals surface area contributed by atoms with Gasteiger partial charge in [-0.05, 0) is 25.1 Å². The molecule has 19 heavy (non-hydrogen) atoms. The van der Waals surface area contributed by atoms with Crippen molar-refractivity contribution in [2.24, 2.45) is 7.05 Å². The highest BCUT2D eigenvalue weighted by atomic mass is 15.1. The summed E-state index contributed by atoms with van der Waals surface area (Å²) in [5.74, 6) is 1.91. The van der Waals surface area contributed by atoms with Crippen LogP contribution < -0.4 is 0 Å². The van der Waals surface area contributed by atoms with Crippen LogP contribution in [0, 0.1) is 18.3 Å². The molecule has 0 aliphatic heterocycles. The molecular formula is C14H13N5. The zero-order chi connectivity index (χ0) is 13.4. The first-order valence-electron chi connectivity index (χ1n) is 6.02. The smallest absolute Gasteiger partial charge is 0.129 e. The average Bonchev–Trinajstić information content (AvgIpc) is 2.95. The standard InChI is InChI=1S/C14H13N5/c1-10-16-5-6-19(10)9-14-17-12-4-3-11(8-15)7-13(12)18(14)2/h3-7H,9H2,1-2H3. The highest BCUT2D eigenvalue weighted by Crippen LogP contribution is 2.17. The second-order valence-electron chi connectivity index (χ2n) is 4.50. The lowest BCUT2D eigenvalue weighted by molar-refractivity contribution is 0.688. The van der Waals surface area contributed by atoms with Crippen LogP contribution in [-0.2, 0) is 13.6 Å². The van der Waals surface area contributed by atoms with Crippen molar-refractivity contribution >= 4 is 11.0 Å². The third kappa shape index (κ3) is 1.87. The normalized spacial score (nSPS) is 10.8. The molecule has 0 aliphatic rings. The molecule has 0 radical (unpaired) electrons. The van der Waals surface area contributed by atoms with Gasteiger partial charge in [0.1, 0.15) is 11.6 Å². The number of benzene rings is 1. The van der Waals surface area contributed by atoms with Gasteiger partial charge in [-0.2, -0.15) is 5.26 Å². The van der Waals surface area contributed by atoms with E-state index < -0.39 is 0 Å². The Hall–Kier alpha value is -2.61. The SMILES string of the molecule is Cc1nccn1Cc1nc2ccc(C#N)cc2n1C. The Balaban J connectivity index is 2.08. The van der Waals surface area contributed by atoms with E-state index in [-0.39, 0.29) is 0 Å². The van der Waals surface area contributed by atoms with Gasteiger partial charge in [-0.3, -0.25) is 0 Å². The van der Waals surface area contributed by atoms with Gasteiger partial charge in [0, 0.05) is 19.4 Å². The lowest BCUT2D eigenvalue weighted by atomic mass is 10.2. The number of aryl methyl sites for hydroxylation is 2. The van der Waals surface area contributed by atoms with Crippen molar-refractivity contribution in [2.45, 2.75) is 13.5 Å². The Kier molecular flexibility index (Phi) is 2.57. The van der Waals surface area contributed by atoms with Gasteiger partial charge in [-0.15, -0.1) is 0 Å². The Bertz CT molecular complexity index is 788. The van der Waals surface area contributed by atoms with E-state index in [9.17, 15) is 0 Å². The van der Waals surface area contributed by atoms with Crippen LogP contribution in [0.4, 0.5) is 0 Å². The van der Waals surface area contributed by atoms with Gasteiger partial charge in [0.15, 0.2) is 0 Å². The molecule has 3 aromatic rings. The number of hydrogen-bond acceptors (Lipinski definition) is 3. The lowest BCUT2D eigenvalue weighted by Gasteiger charge is -2.05. The fraction of sp³-hybridized carbons (Fsp3) is 0.214. The second kappa shape index (κ2) is 4.25. The number of hydrogen-bond donors (Lipinski definition) is 0. The third-order valence-electron chi connectivity index (χ3n) is 3.34. The van der Waals surface area contributed by atoms with Crippen LogP contribution in [0.2, 0.25) is 0 Å². The molecule has 5 nitrogen and oxygen atoms in total. The van der Waals surface area contributed by atoms with E-state index >= 15 is 0 Å². The molecule has 0 saturated heterocycles. The van der Waals surface area contributed by atoms with Gasteiger partial charge in [0.25, 0.3) is 0 Å². The van der Waals surface area contributed by atoms with Crippen molar-refractivity contribution in [1.82, 2.24) is 19.1 Å². The van der Waals surface area contributed by atoms with Crippen LogP contribution in [0.25, 0.3) is 11.0 Å². The number of nitriles is 1. The molecule has 0 amide bonds. The molecule has 0 spiro atoms. The van der Waals surface area contributed by atoms with Gasteiger partial charge in [0.05, 0.1) is 29.2 Å². The van der Waals surface area contributed by atoms with Crippen LogP contribution in [0.1, 0.15) is 17.2 Å². The van der Waals surface area contributed by atoms with Crippen molar-refractivity contribution < 1.29 is 0 Å². The van der Waals surface area contributed by atoms with Crippen molar-refractivity contribution in [3.05, 3.63) is 47.8 Å². The molecule has 0 aliphatic carbocycles. The topological polar surface area (TPSA) is 59.4 Å². The van der Waals surface area contributed by atoms with E-state index in [0.717, 1.165) is 22.7 Å². The highest BCUT2D eigenvalue weighted by Gasteiger charge is 2.09. The molecule has 1 aromatic carbocycles. The summed E-state index contributed by atoms with van der Waals surface area (Å²) < 4.78 is 4.07. The third-order valence-corrected chi connectivity index (χ3v) is 3.34. The monoisotopic (exact) mass is 251 g/mol. The molecule has 5 heteroatoms. The maximum absolute atomic E-state index is 8.95. The first-order valence-corrected chi connectivity index (χ1v) is 6.02. The minimum Gasteiger partial charge on any atom is -0.330 e. The Morgan fingerprint density at radius 3 is 2.89 bits per heavy atom. The quantitative estimate of drug-likeness (QED) is 0.700. The van der Waals surface area contributed by atoms with E-state index in [4.69, 9.17) is 5.26 Å². The van der Waals surface area contributed by atoms with Crippen molar-refractivity contribution in [2.75, 3.05) is 0 Å². The summed E-state index contributed by atoms with van der Waals surface area (Å²) in [4.78, 5) is 8.82. The van der Waals surface area contributed by atoms with Gasteiger partial charge in [-0.1, -0.05) is 0 Å². The summed E-state index contributed by atoms with van der Waals surface area (Å²) in [7, 11) is 1.97. The Morgan fingerprint density at radius 1 is 1.37 bits per heavy atom. The summed E-state index contributed by atoms with van der Waals surface area (Å²) in [5.41, 5.74) is 2.54. The molecule has 2 heterocycles.